The molecule has 1 aromatic heterocycles. The minimum atomic E-state index is -3.94. The molecular weight excluding hydrogens is 496 g/mol. The van der Waals surface area contributed by atoms with Gasteiger partial charge in [0.1, 0.15) is 27.6 Å². The Morgan fingerprint density at radius 3 is 2.57 bits per heavy atom. The van der Waals surface area contributed by atoms with Crippen LogP contribution in [-0.2, 0) is 10.0 Å². The predicted molar refractivity (Wildman–Crippen MR) is 129 cm³/mol. The number of hydrogen-bond donors (Lipinski definition) is 1. The summed E-state index contributed by atoms with van der Waals surface area (Å²) in [5.41, 5.74) is 3.50. The summed E-state index contributed by atoms with van der Waals surface area (Å²) in [6.45, 7) is -3.01. The first-order chi connectivity index (χ1) is 16.8. The second kappa shape index (κ2) is 8.95. The Labute approximate surface area is 204 Å². The zero-order valence-electron chi connectivity index (χ0n) is 18.3. The highest BCUT2D eigenvalue weighted by atomic mass is 32.2. The lowest BCUT2D eigenvalue weighted by molar-refractivity contribution is -0.0496. The van der Waals surface area contributed by atoms with Crippen molar-refractivity contribution in [3.05, 3.63) is 83.2 Å². The van der Waals surface area contributed by atoms with E-state index in [0.29, 0.717) is 39.3 Å². The van der Waals surface area contributed by atoms with Gasteiger partial charge in [-0.3, -0.25) is 0 Å². The fourth-order valence-corrected chi connectivity index (χ4v) is 6.05. The van der Waals surface area contributed by atoms with Crippen LogP contribution in [-0.4, -0.2) is 22.1 Å². The zero-order valence-corrected chi connectivity index (χ0v) is 19.9. The first-order valence-electron chi connectivity index (χ1n) is 10.4. The lowest BCUT2D eigenvalue weighted by Gasteiger charge is -2.31. The monoisotopic (exact) mass is 515 g/mol. The number of hydrogen-bond acceptors (Lipinski definition) is 6. The van der Waals surface area contributed by atoms with E-state index >= 15 is 0 Å². The van der Waals surface area contributed by atoms with Crippen molar-refractivity contribution in [3.63, 3.8) is 0 Å². The number of alkyl halides is 2. The zero-order chi connectivity index (χ0) is 24.7. The van der Waals surface area contributed by atoms with E-state index in [4.69, 9.17) is 19.3 Å². The molecule has 0 fully saturated rings. The largest absolute Gasteiger partial charge is 0.497 e. The Bertz CT molecular complexity index is 1520. The Balaban J connectivity index is 1.74. The normalized spacial score (nSPS) is 14.7. The molecule has 1 unspecified atom stereocenters. The minimum Gasteiger partial charge on any atom is -0.497 e. The molecule has 0 spiro atoms. The van der Waals surface area contributed by atoms with Crippen LogP contribution in [0.5, 0.6) is 17.2 Å². The molecule has 2 N–H and O–H groups in total. The van der Waals surface area contributed by atoms with Crippen molar-refractivity contribution in [2.45, 2.75) is 16.9 Å². The number of nitrogens with two attached hydrogens (primary N) is 1. The van der Waals surface area contributed by atoms with E-state index in [1.165, 1.54) is 6.07 Å². The maximum atomic E-state index is 13.2. The van der Waals surface area contributed by atoms with E-state index in [1.54, 1.807) is 55.0 Å². The van der Waals surface area contributed by atoms with Crippen molar-refractivity contribution >= 4 is 21.4 Å². The Hall–Kier alpha value is -3.47. The van der Waals surface area contributed by atoms with Crippen LogP contribution in [0.3, 0.4) is 0 Å². The first-order valence-corrected chi connectivity index (χ1v) is 12.8. The first kappa shape index (κ1) is 23.3. The molecule has 5 rings (SSSR count). The molecule has 0 aliphatic carbocycles. The third kappa shape index (κ3) is 4.36. The van der Waals surface area contributed by atoms with Crippen LogP contribution in [0, 0.1) is 0 Å². The van der Waals surface area contributed by atoms with E-state index < -0.39 is 22.7 Å². The summed E-state index contributed by atoms with van der Waals surface area (Å²) >= 11 is 1.02. The highest BCUT2D eigenvalue weighted by Gasteiger charge is 2.31. The van der Waals surface area contributed by atoms with Gasteiger partial charge in [0.2, 0.25) is 10.0 Å². The minimum absolute atomic E-state index is 0.0173. The quantitative estimate of drug-likeness (QED) is 0.350. The lowest BCUT2D eigenvalue weighted by Crippen LogP contribution is -2.17. The third-order valence-corrected chi connectivity index (χ3v) is 8.08. The van der Waals surface area contributed by atoms with Crippen molar-refractivity contribution in [1.82, 2.24) is 0 Å². The van der Waals surface area contributed by atoms with Crippen molar-refractivity contribution in [2.75, 3.05) is 7.11 Å². The SMILES string of the molecule is COc1cccc(C2Oc3cccc(OC(F)F)c3-c3ccc(-c4ccsc4S(N)(=O)=O)cc32)c1. The highest BCUT2D eigenvalue weighted by molar-refractivity contribution is 7.91. The van der Waals surface area contributed by atoms with Gasteiger partial charge in [-0.2, -0.15) is 8.78 Å². The standard InChI is InChI=1S/C25H19F2NO5S2/c1-31-16-5-2-4-15(12-16)23-19-13-14(17-10-11-34-24(17)35(28,29)30)8-9-18(19)22-20(32-23)6-3-7-21(22)33-25(26)27/h2-13,23,25H,1H3,(H2,28,29,30). The number of halogens is 2. The molecule has 0 amide bonds. The van der Waals surface area contributed by atoms with Gasteiger partial charge in [0, 0.05) is 16.7 Å². The molecule has 1 aliphatic rings. The molecular formula is C25H19F2NO5S2. The topological polar surface area (TPSA) is 87.8 Å². The van der Waals surface area contributed by atoms with Gasteiger partial charge in [-0.25, -0.2) is 13.6 Å². The summed E-state index contributed by atoms with van der Waals surface area (Å²) in [5, 5.41) is 7.06. The van der Waals surface area contributed by atoms with Crippen LogP contribution in [0.1, 0.15) is 17.2 Å². The summed E-state index contributed by atoms with van der Waals surface area (Å²) in [5.74, 6) is 0.993. The van der Waals surface area contributed by atoms with E-state index in [1.807, 2.05) is 18.2 Å². The molecule has 6 nitrogen and oxygen atoms in total. The molecule has 0 bridgehead atoms. The van der Waals surface area contributed by atoms with Crippen LogP contribution in [0.15, 0.2) is 76.3 Å². The summed E-state index contributed by atoms with van der Waals surface area (Å²) in [4.78, 5) is 0. The average Bonchev–Trinajstić information content (AvgIpc) is 3.34. The predicted octanol–water partition coefficient (Wildman–Crippen LogP) is 5.82. The maximum Gasteiger partial charge on any atom is 0.387 e. The van der Waals surface area contributed by atoms with Crippen LogP contribution in [0.4, 0.5) is 8.78 Å². The smallest absolute Gasteiger partial charge is 0.387 e. The molecule has 35 heavy (non-hydrogen) atoms. The Kier molecular flexibility index (Phi) is 5.96. The summed E-state index contributed by atoms with van der Waals surface area (Å²) in [6, 6.07) is 19.0. The second-order valence-electron chi connectivity index (χ2n) is 7.75. The van der Waals surface area contributed by atoms with Gasteiger partial charge in [0.15, 0.2) is 0 Å². The van der Waals surface area contributed by atoms with Crippen LogP contribution in [0.25, 0.3) is 22.3 Å². The van der Waals surface area contributed by atoms with Gasteiger partial charge < -0.3 is 14.2 Å². The highest BCUT2D eigenvalue weighted by Crippen LogP contribution is 2.50. The molecule has 1 aliphatic heterocycles. The van der Waals surface area contributed by atoms with Gasteiger partial charge in [-0.1, -0.05) is 30.3 Å². The molecule has 0 saturated heterocycles. The molecule has 180 valence electrons. The number of methoxy groups -OCH3 is 1. The van der Waals surface area contributed by atoms with E-state index in [9.17, 15) is 17.2 Å². The van der Waals surface area contributed by atoms with Gasteiger partial charge >= 0.3 is 6.61 Å². The number of thiophene rings is 1. The van der Waals surface area contributed by atoms with Crippen LogP contribution < -0.4 is 19.3 Å². The van der Waals surface area contributed by atoms with Gasteiger partial charge in [-0.15, -0.1) is 11.3 Å². The van der Waals surface area contributed by atoms with Crippen molar-refractivity contribution in [2.24, 2.45) is 5.14 Å². The summed E-state index contributed by atoms with van der Waals surface area (Å²) < 4.78 is 67.0. The maximum absolute atomic E-state index is 13.2. The Morgan fingerprint density at radius 2 is 1.83 bits per heavy atom. The second-order valence-corrected chi connectivity index (χ2v) is 10.4. The van der Waals surface area contributed by atoms with Gasteiger partial charge in [0.05, 0.1) is 12.7 Å². The third-order valence-electron chi connectivity index (χ3n) is 5.65. The van der Waals surface area contributed by atoms with E-state index in [0.717, 1.165) is 16.9 Å². The average molecular weight is 516 g/mol. The molecule has 0 radical (unpaired) electrons. The van der Waals surface area contributed by atoms with Crippen LogP contribution >= 0.6 is 11.3 Å². The number of primary sulfonamides is 1. The van der Waals surface area contributed by atoms with Crippen molar-refractivity contribution in [1.29, 1.82) is 0 Å². The fraction of sp³-hybridized carbons (Fsp3) is 0.120. The molecule has 0 saturated carbocycles. The molecule has 1 atom stereocenters. The van der Waals surface area contributed by atoms with Gasteiger partial charge in [-0.05, 0) is 52.9 Å². The number of sulfonamides is 1. The fourth-order valence-electron chi connectivity index (χ4n) is 4.22. The Morgan fingerprint density at radius 1 is 1.03 bits per heavy atom. The van der Waals surface area contributed by atoms with Crippen LogP contribution in [0.2, 0.25) is 0 Å². The van der Waals surface area contributed by atoms with E-state index in [-0.39, 0.29) is 9.96 Å². The van der Waals surface area contributed by atoms with Crippen molar-refractivity contribution in [3.8, 4) is 39.5 Å². The number of ether oxygens (including phenoxy) is 3. The molecule has 4 aromatic rings. The summed E-state index contributed by atoms with van der Waals surface area (Å²) in [7, 11) is -2.38. The number of fused-ring (bicyclic) bond motifs is 3. The number of rotatable bonds is 6. The van der Waals surface area contributed by atoms with Gasteiger partial charge in [0.25, 0.3) is 0 Å². The molecule has 10 heteroatoms. The summed E-state index contributed by atoms with van der Waals surface area (Å²) in [6.07, 6.45) is -0.620. The van der Waals surface area contributed by atoms with E-state index in [2.05, 4.69) is 0 Å². The molecule has 2 heterocycles. The number of benzene rings is 3. The molecule has 3 aromatic carbocycles. The lowest BCUT2D eigenvalue weighted by atomic mass is 9.87. The van der Waals surface area contributed by atoms with Crippen molar-refractivity contribution < 1.29 is 31.4 Å².